The number of rotatable bonds is 5. The van der Waals surface area contributed by atoms with Crippen LogP contribution in [0.3, 0.4) is 0 Å². The van der Waals surface area contributed by atoms with E-state index in [1.165, 1.54) is 0 Å². The van der Waals surface area contributed by atoms with E-state index in [-0.39, 0.29) is 0 Å². The molecule has 0 spiro atoms. The monoisotopic (exact) mass is 162 g/mol. The van der Waals surface area contributed by atoms with Crippen molar-refractivity contribution in [3.8, 4) is 0 Å². The van der Waals surface area contributed by atoms with E-state index in [1.54, 1.807) is 18.5 Å². The van der Waals surface area contributed by atoms with Crippen molar-refractivity contribution in [1.29, 1.82) is 0 Å². The lowest BCUT2D eigenvalue weighted by Crippen LogP contribution is -1.79. The average molecular weight is 162 g/mol. The Hall–Kier alpha value is -1.44. The maximum absolute atomic E-state index is 4.03. The van der Waals surface area contributed by atoms with Gasteiger partial charge >= 0.3 is 0 Å². The summed E-state index contributed by atoms with van der Waals surface area (Å²) >= 11 is 0. The fourth-order valence-electron chi connectivity index (χ4n) is 0.456. The van der Waals surface area contributed by atoms with Gasteiger partial charge in [-0.2, -0.15) is 0 Å². The van der Waals surface area contributed by atoms with Gasteiger partial charge in [-0.1, -0.05) is 25.3 Å². The molecule has 2 heteroatoms. The van der Waals surface area contributed by atoms with Crippen molar-refractivity contribution in [2.75, 3.05) is 6.54 Å². The normalized spacial score (nSPS) is 11.8. The van der Waals surface area contributed by atoms with Crippen molar-refractivity contribution >= 4 is 12.4 Å². The zero-order chi connectivity index (χ0) is 9.23. The van der Waals surface area contributed by atoms with Gasteiger partial charge in [0.2, 0.25) is 0 Å². The second-order valence-corrected chi connectivity index (χ2v) is 2.06. The second kappa shape index (κ2) is 7.66. The predicted octanol–water partition coefficient (Wildman–Crippen LogP) is 2.40. The Balaban J connectivity index is 3.66. The van der Waals surface area contributed by atoms with Crippen LogP contribution in [-0.4, -0.2) is 19.0 Å². The van der Waals surface area contributed by atoms with E-state index < -0.39 is 0 Å². The molecule has 2 nitrogen and oxygen atoms in total. The van der Waals surface area contributed by atoms with E-state index in [2.05, 4.69) is 23.1 Å². The highest BCUT2D eigenvalue weighted by Gasteiger charge is 1.73. The summed E-state index contributed by atoms with van der Waals surface area (Å²) in [6.07, 6.45) is 8.77. The van der Waals surface area contributed by atoms with E-state index in [9.17, 15) is 0 Å². The van der Waals surface area contributed by atoms with Gasteiger partial charge in [0.1, 0.15) is 0 Å². The molecule has 64 valence electrons. The molecule has 0 aromatic heterocycles. The van der Waals surface area contributed by atoms with Crippen LogP contribution in [0.25, 0.3) is 0 Å². The van der Waals surface area contributed by atoms with Gasteiger partial charge < -0.3 is 0 Å². The van der Waals surface area contributed by atoms with E-state index in [0.717, 1.165) is 0 Å². The summed E-state index contributed by atoms with van der Waals surface area (Å²) in [5.74, 6) is 0. The van der Waals surface area contributed by atoms with Gasteiger partial charge in [0.05, 0.1) is 12.2 Å². The first-order valence-electron chi connectivity index (χ1n) is 3.76. The van der Waals surface area contributed by atoms with Gasteiger partial charge in [-0.3, -0.25) is 9.98 Å². The molecule has 0 fully saturated rings. The molecule has 0 aliphatic carbocycles. The zero-order valence-electron chi connectivity index (χ0n) is 7.40. The Kier molecular flexibility index (Phi) is 6.74. The summed E-state index contributed by atoms with van der Waals surface area (Å²) in [6, 6.07) is 0. The van der Waals surface area contributed by atoms with E-state index >= 15 is 0 Å². The molecule has 0 saturated carbocycles. The number of nitrogens with zero attached hydrogens (tertiary/aromatic N) is 2. The summed E-state index contributed by atoms with van der Waals surface area (Å²) in [5.41, 5.74) is 0.646. The molecule has 0 aliphatic rings. The average Bonchev–Trinajstić information content (AvgIpc) is 2.10. The maximum Gasteiger partial charge on any atom is 0.0570 e. The smallest absolute Gasteiger partial charge is 0.0570 e. The Morgan fingerprint density at radius 2 is 2.17 bits per heavy atom. The van der Waals surface area contributed by atoms with Crippen LogP contribution in [0.5, 0.6) is 0 Å². The Morgan fingerprint density at radius 3 is 2.75 bits per heavy atom. The summed E-state index contributed by atoms with van der Waals surface area (Å²) in [5, 5.41) is 0. The molecule has 0 radical (unpaired) electrons. The van der Waals surface area contributed by atoms with Gasteiger partial charge in [0.15, 0.2) is 0 Å². The minimum Gasteiger partial charge on any atom is -0.287 e. The third kappa shape index (κ3) is 6.68. The first-order valence-corrected chi connectivity index (χ1v) is 3.76. The minimum absolute atomic E-state index is 0.646. The number of hydrogen-bond donors (Lipinski definition) is 0. The molecule has 0 aliphatic heterocycles. The highest BCUT2D eigenvalue weighted by atomic mass is 14.7. The van der Waals surface area contributed by atoms with Gasteiger partial charge in [0, 0.05) is 12.4 Å². The van der Waals surface area contributed by atoms with Crippen molar-refractivity contribution in [2.45, 2.75) is 6.92 Å². The van der Waals surface area contributed by atoms with E-state index in [4.69, 9.17) is 0 Å². The molecular weight excluding hydrogens is 148 g/mol. The molecule has 0 rings (SSSR count). The van der Waals surface area contributed by atoms with Crippen LogP contribution in [0.1, 0.15) is 6.92 Å². The highest BCUT2D eigenvalue weighted by molar-refractivity contribution is 6.16. The van der Waals surface area contributed by atoms with Crippen molar-refractivity contribution in [2.24, 2.45) is 9.98 Å². The Labute approximate surface area is 73.7 Å². The van der Waals surface area contributed by atoms with E-state index in [0.29, 0.717) is 12.2 Å². The van der Waals surface area contributed by atoms with Crippen molar-refractivity contribution in [3.05, 3.63) is 37.1 Å². The van der Waals surface area contributed by atoms with Gasteiger partial charge in [-0.05, 0) is 13.0 Å². The fourth-order valence-corrected chi connectivity index (χ4v) is 0.456. The lowest BCUT2D eigenvalue weighted by molar-refractivity contribution is 1.26. The molecule has 0 N–H and O–H groups in total. The molecule has 0 heterocycles. The van der Waals surface area contributed by atoms with Crippen LogP contribution in [0.15, 0.2) is 47.1 Å². The predicted molar refractivity (Wildman–Crippen MR) is 56.0 cm³/mol. The van der Waals surface area contributed by atoms with Crippen LogP contribution in [-0.2, 0) is 0 Å². The third-order valence-electron chi connectivity index (χ3n) is 1.09. The number of allylic oxidation sites excluding steroid dienone is 2. The highest BCUT2D eigenvalue weighted by Crippen LogP contribution is 1.88. The summed E-state index contributed by atoms with van der Waals surface area (Å²) in [7, 11) is 0. The molecule has 0 unspecified atom stereocenters. The molecule has 0 amide bonds. The molecule has 0 aromatic rings. The third-order valence-corrected chi connectivity index (χ3v) is 1.09. The largest absolute Gasteiger partial charge is 0.287 e. The van der Waals surface area contributed by atoms with Crippen molar-refractivity contribution < 1.29 is 0 Å². The van der Waals surface area contributed by atoms with Gasteiger partial charge in [-0.15, -0.1) is 0 Å². The minimum atomic E-state index is 0.646. The van der Waals surface area contributed by atoms with Crippen LogP contribution in [0.2, 0.25) is 0 Å². The second-order valence-electron chi connectivity index (χ2n) is 2.06. The molecule has 0 aromatic carbocycles. The van der Waals surface area contributed by atoms with Crippen LogP contribution < -0.4 is 0 Å². The summed E-state index contributed by atoms with van der Waals surface area (Å²) in [4.78, 5) is 7.96. The van der Waals surface area contributed by atoms with Crippen LogP contribution in [0.4, 0.5) is 0 Å². The lowest BCUT2D eigenvalue weighted by Gasteiger charge is -1.83. The lowest BCUT2D eigenvalue weighted by atomic mass is 10.5. The standard InChI is InChI=1S/C10H14N2/c1-4-6-7-11-8-9-12-10(3)5-2/h4-6,8-9H,2-3,7H2,1H3/b6-4-,11-8-,12-9-. The van der Waals surface area contributed by atoms with E-state index in [1.807, 2.05) is 19.1 Å². The quantitative estimate of drug-likeness (QED) is 0.337. The molecular formula is C10H14N2. The van der Waals surface area contributed by atoms with Crippen LogP contribution in [0, 0.1) is 0 Å². The first-order chi connectivity index (χ1) is 5.81. The summed E-state index contributed by atoms with van der Waals surface area (Å²) in [6.45, 7) is 9.79. The number of hydrogen-bond acceptors (Lipinski definition) is 2. The molecule has 0 bridgehead atoms. The van der Waals surface area contributed by atoms with Gasteiger partial charge in [0.25, 0.3) is 0 Å². The fraction of sp³-hybridized carbons (Fsp3) is 0.200. The Morgan fingerprint density at radius 1 is 1.42 bits per heavy atom. The molecule has 0 saturated heterocycles. The first kappa shape index (κ1) is 10.6. The van der Waals surface area contributed by atoms with Crippen molar-refractivity contribution in [1.82, 2.24) is 0 Å². The summed E-state index contributed by atoms with van der Waals surface area (Å²) < 4.78 is 0. The topological polar surface area (TPSA) is 24.7 Å². The SMILES string of the molecule is C=CC(=C)/N=C\C=N/C/C=C\C. The van der Waals surface area contributed by atoms with Gasteiger partial charge in [-0.25, -0.2) is 0 Å². The zero-order valence-corrected chi connectivity index (χ0v) is 7.40. The van der Waals surface area contributed by atoms with Crippen molar-refractivity contribution in [3.63, 3.8) is 0 Å². The van der Waals surface area contributed by atoms with Crippen LogP contribution >= 0.6 is 0 Å². The maximum atomic E-state index is 4.03. The number of aliphatic imine (C=N–C) groups is 2. The Bertz CT molecular complexity index is 222. The molecule has 0 atom stereocenters. The molecule has 12 heavy (non-hydrogen) atoms.